The number of hydrogen-bond acceptors (Lipinski definition) is 5. The van der Waals surface area contributed by atoms with E-state index in [9.17, 15) is 5.11 Å². The highest BCUT2D eigenvalue weighted by Crippen LogP contribution is 2.30. The Morgan fingerprint density at radius 1 is 1.56 bits per heavy atom. The summed E-state index contributed by atoms with van der Waals surface area (Å²) >= 11 is 0. The fraction of sp³-hybridized carbons (Fsp3) is 0.583. The van der Waals surface area contributed by atoms with Gasteiger partial charge in [0.15, 0.2) is 0 Å². The van der Waals surface area contributed by atoms with Crippen LogP contribution in [-0.2, 0) is 0 Å². The second kappa shape index (κ2) is 5.09. The fourth-order valence-electron chi connectivity index (χ4n) is 2.63. The van der Waals surface area contributed by atoms with E-state index in [4.69, 9.17) is 11.5 Å². The number of nitrogens with zero attached hydrogens (tertiary/aromatic N) is 2. The van der Waals surface area contributed by atoms with E-state index in [0.717, 1.165) is 29.8 Å². The average Bonchev–Trinajstić information content (AvgIpc) is 2.31. The molecule has 0 aliphatic carbocycles. The maximum Gasteiger partial charge on any atom is 0.146 e. The number of likely N-dealkylation sites (N-methyl/N-ethyl adjacent to an activating group) is 1. The third-order valence-electron chi connectivity index (χ3n) is 3.79. The van der Waals surface area contributed by atoms with Gasteiger partial charge in [0.05, 0.1) is 44.3 Å². The lowest BCUT2D eigenvalue weighted by Gasteiger charge is -2.44. The molecule has 6 nitrogen and oxygen atoms in total. The third kappa shape index (κ3) is 2.40. The Balaban J connectivity index is 2.33. The van der Waals surface area contributed by atoms with Crippen molar-refractivity contribution in [3.8, 4) is 0 Å². The van der Waals surface area contributed by atoms with Crippen molar-refractivity contribution in [2.45, 2.75) is 6.04 Å². The van der Waals surface area contributed by atoms with E-state index in [2.05, 4.69) is 17.3 Å². The van der Waals surface area contributed by atoms with E-state index in [-0.39, 0.29) is 12.6 Å². The molecule has 0 amide bonds. The van der Waals surface area contributed by atoms with Crippen LogP contribution in [0.2, 0.25) is 0 Å². The van der Waals surface area contributed by atoms with Gasteiger partial charge in [-0.3, -0.25) is 4.98 Å². The van der Waals surface area contributed by atoms with Crippen molar-refractivity contribution in [2.24, 2.45) is 0 Å². The van der Waals surface area contributed by atoms with Gasteiger partial charge in [0, 0.05) is 6.54 Å². The summed E-state index contributed by atoms with van der Waals surface area (Å²) in [5.41, 5.74) is 13.8. The summed E-state index contributed by atoms with van der Waals surface area (Å²) in [5, 5.41) is 12.6. The summed E-state index contributed by atoms with van der Waals surface area (Å²) in [7, 11) is 2.14. The Morgan fingerprint density at radius 3 is 3.00 bits per heavy atom. The summed E-state index contributed by atoms with van der Waals surface area (Å²) < 4.78 is 0.755. The molecule has 1 aromatic rings. The summed E-state index contributed by atoms with van der Waals surface area (Å²) in [4.78, 5) is 4.39. The smallest absolute Gasteiger partial charge is 0.146 e. The number of nitrogens with one attached hydrogen (secondary N) is 1. The van der Waals surface area contributed by atoms with E-state index in [0.29, 0.717) is 17.9 Å². The fourth-order valence-corrected chi connectivity index (χ4v) is 2.63. The molecule has 0 bridgehead atoms. The summed E-state index contributed by atoms with van der Waals surface area (Å²) in [5.74, 6) is 0. The minimum atomic E-state index is 0.159. The van der Waals surface area contributed by atoms with Crippen molar-refractivity contribution < 1.29 is 9.59 Å². The van der Waals surface area contributed by atoms with Crippen LogP contribution in [0.25, 0.3) is 0 Å². The molecule has 0 radical (unpaired) electrons. The van der Waals surface area contributed by atoms with Crippen molar-refractivity contribution in [1.29, 1.82) is 0 Å². The highest BCUT2D eigenvalue weighted by molar-refractivity contribution is 5.53. The van der Waals surface area contributed by atoms with Crippen LogP contribution >= 0.6 is 0 Å². The number of aliphatic hydroxyl groups excluding tert-OH is 1. The van der Waals surface area contributed by atoms with Crippen LogP contribution < -0.4 is 16.8 Å². The van der Waals surface area contributed by atoms with Crippen LogP contribution in [0.3, 0.4) is 0 Å². The first kappa shape index (κ1) is 13.1. The molecule has 1 aromatic heterocycles. The van der Waals surface area contributed by atoms with Crippen LogP contribution in [0.4, 0.5) is 11.4 Å². The van der Waals surface area contributed by atoms with Crippen molar-refractivity contribution in [3.63, 3.8) is 0 Å². The molecule has 0 saturated carbocycles. The van der Waals surface area contributed by atoms with Gasteiger partial charge in [0.1, 0.15) is 18.3 Å². The third-order valence-corrected chi connectivity index (χ3v) is 3.79. The number of aliphatic hydroxyl groups is 1. The molecule has 2 atom stereocenters. The molecule has 1 saturated heterocycles. The van der Waals surface area contributed by atoms with Gasteiger partial charge < -0.3 is 26.4 Å². The number of rotatable bonds is 3. The number of nitrogens with two attached hydrogens (primary N) is 2. The maximum atomic E-state index is 9.25. The first-order valence-corrected chi connectivity index (χ1v) is 6.23. The molecule has 2 heterocycles. The monoisotopic (exact) mass is 252 g/mol. The molecule has 0 spiro atoms. The Bertz CT molecular complexity index is 421. The number of aromatic nitrogens is 1. The Morgan fingerprint density at radius 2 is 2.33 bits per heavy atom. The standard InChI is InChI=1S/C12H22N5O/c1-17(4-5-18)3-2-15-8-11(17)12-10(14)6-9(13)7-16-12/h6-7,11,15,18H,2-5,8,13-14H2,1H3/q+1. The van der Waals surface area contributed by atoms with Crippen molar-refractivity contribution in [2.75, 3.05) is 51.3 Å². The minimum absolute atomic E-state index is 0.159. The Hall–Kier alpha value is -1.37. The predicted octanol–water partition coefficient (Wildman–Crippen LogP) is -0.671. The largest absolute Gasteiger partial charge is 0.397 e. The van der Waals surface area contributed by atoms with Crippen LogP contribution in [0, 0.1) is 0 Å². The quantitative estimate of drug-likeness (QED) is 0.535. The van der Waals surface area contributed by atoms with E-state index in [1.165, 1.54) is 0 Å². The minimum Gasteiger partial charge on any atom is -0.397 e. The molecule has 2 unspecified atom stereocenters. The first-order chi connectivity index (χ1) is 8.57. The zero-order valence-corrected chi connectivity index (χ0v) is 10.8. The molecule has 18 heavy (non-hydrogen) atoms. The van der Waals surface area contributed by atoms with Gasteiger partial charge in [-0.25, -0.2) is 0 Å². The molecule has 6 N–H and O–H groups in total. The van der Waals surface area contributed by atoms with E-state index in [1.807, 2.05) is 0 Å². The highest BCUT2D eigenvalue weighted by Gasteiger charge is 2.38. The lowest BCUT2D eigenvalue weighted by atomic mass is 10.0. The number of nitrogen functional groups attached to an aromatic ring is 2. The maximum absolute atomic E-state index is 9.25. The molecule has 1 aliphatic rings. The second-order valence-corrected chi connectivity index (χ2v) is 5.11. The topological polar surface area (TPSA) is 97.2 Å². The van der Waals surface area contributed by atoms with Gasteiger partial charge in [-0.2, -0.15) is 0 Å². The zero-order chi connectivity index (χ0) is 13.2. The number of piperazine rings is 1. The van der Waals surface area contributed by atoms with Crippen LogP contribution in [0.5, 0.6) is 0 Å². The van der Waals surface area contributed by atoms with Gasteiger partial charge in [-0.05, 0) is 6.07 Å². The predicted molar refractivity (Wildman–Crippen MR) is 71.7 cm³/mol. The van der Waals surface area contributed by atoms with Crippen LogP contribution in [-0.4, -0.2) is 54.4 Å². The number of hydrogen-bond donors (Lipinski definition) is 4. The molecule has 1 fully saturated rings. The lowest BCUT2D eigenvalue weighted by Crippen LogP contribution is -2.59. The van der Waals surface area contributed by atoms with E-state index < -0.39 is 0 Å². The first-order valence-electron chi connectivity index (χ1n) is 6.23. The van der Waals surface area contributed by atoms with Gasteiger partial charge >= 0.3 is 0 Å². The molecule has 2 rings (SSSR count). The molecular formula is C12H22N5O+. The normalized spacial score (nSPS) is 28.2. The summed E-state index contributed by atoms with van der Waals surface area (Å²) in [6, 6.07) is 1.91. The highest BCUT2D eigenvalue weighted by atomic mass is 16.3. The van der Waals surface area contributed by atoms with Gasteiger partial charge in [-0.15, -0.1) is 0 Å². The lowest BCUT2D eigenvalue weighted by molar-refractivity contribution is -0.941. The molecular weight excluding hydrogens is 230 g/mol. The molecule has 0 aromatic carbocycles. The summed E-state index contributed by atoms with van der Waals surface area (Å²) in [6.07, 6.45) is 1.64. The van der Waals surface area contributed by atoms with E-state index in [1.54, 1.807) is 12.3 Å². The van der Waals surface area contributed by atoms with Crippen molar-refractivity contribution in [3.05, 3.63) is 18.0 Å². The van der Waals surface area contributed by atoms with Gasteiger partial charge in [-0.1, -0.05) is 0 Å². The molecule has 1 aliphatic heterocycles. The Kier molecular flexibility index (Phi) is 3.70. The molecule has 6 heteroatoms. The van der Waals surface area contributed by atoms with Gasteiger partial charge in [0.25, 0.3) is 0 Å². The Labute approximate surface area is 107 Å². The molecule has 100 valence electrons. The van der Waals surface area contributed by atoms with Crippen molar-refractivity contribution >= 4 is 11.4 Å². The van der Waals surface area contributed by atoms with E-state index >= 15 is 0 Å². The van der Waals surface area contributed by atoms with Crippen LogP contribution in [0.15, 0.2) is 12.3 Å². The number of pyridine rings is 1. The van der Waals surface area contributed by atoms with Crippen LogP contribution in [0.1, 0.15) is 11.7 Å². The van der Waals surface area contributed by atoms with Crippen molar-refractivity contribution in [1.82, 2.24) is 10.3 Å². The number of anilines is 2. The van der Waals surface area contributed by atoms with Gasteiger partial charge in [0.2, 0.25) is 0 Å². The average molecular weight is 252 g/mol. The summed E-state index contributed by atoms with van der Waals surface area (Å²) in [6.45, 7) is 3.59. The second-order valence-electron chi connectivity index (χ2n) is 5.11. The zero-order valence-electron chi connectivity index (χ0n) is 10.8. The number of quaternary nitrogens is 1. The SMILES string of the molecule is C[N+]1(CCO)CCNCC1c1ncc(N)cc1N.